The molecule has 3 rings (SSSR count). The normalized spacial score (nSPS) is 11.1. The number of aromatic nitrogens is 3. The number of phenols is 1. The zero-order valence-corrected chi connectivity index (χ0v) is 13.7. The maximum atomic E-state index is 9.50. The fourth-order valence-electron chi connectivity index (χ4n) is 1.90. The summed E-state index contributed by atoms with van der Waals surface area (Å²) in [6, 6.07) is 14.8. The van der Waals surface area contributed by atoms with Crippen molar-refractivity contribution in [3.63, 3.8) is 0 Å². The number of rotatable bonds is 3. The Hall–Kier alpha value is -2.25. The number of aromatic hydroxyl groups is 1. The monoisotopic (exact) mass is 374 g/mol. The Kier molecular flexibility index (Phi) is 4.17. The molecular weight excluding hydrogens is 364 g/mol. The first-order valence-corrected chi connectivity index (χ1v) is 7.61. The maximum Gasteiger partial charge on any atom is 0.216 e. The summed E-state index contributed by atoms with van der Waals surface area (Å²) in [7, 11) is 0. The summed E-state index contributed by atoms with van der Waals surface area (Å²) in [6.07, 6.45) is 1.65. The average Bonchev–Trinajstić information content (AvgIpc) is 2.90. The third-order valence-corrected chi connectivity index (χ3v) is 3.88. The van der Waals surface area contributed by atoms with Gasteiger partial charge in [0.2, 0.25) is 4.77 Å². The Morgan fingerprint density at radius 1 is 1.23 bits per heavy atom. The molecule has 0 radical (unpaired) electrons. The van der Waals surface area contributed by atoms with Crippen molar-refractivity contribution in [3.05, 3.63) is 63.3 Å². The summed E-state index contributed by atoms with van der Waals surface area (Å²) in [5, 5.41) is 20.8. The molecule has 2 N–H and O–H groups in total. The van der Waals surface area contributed by atoms with Crippen LogP contribution < -0.4 is 0 Å². The van der Waals surface area contributed by atoms with Gasteiger partial charge >= 0.3 is 0 Å². The molecule has 0 saturated carbocycles. The van der Waals surface area contributed by atoms with Gasteiger partial charge in [0.05, 0.1) is 10.7 Å². The van der Waals surface area contributed by atoms with Crippen LogP contribution in [0.15, 0.2) is 58.1 Å². The largest absolute Gasteiger partial charge is 0.507 e. The van der Waals surface area contributed by atoms with Crippen molar-refractivity contribution in [2.24, 2.45) is 5.10 Å². The molecule has 0 amide bonds. The van der Waals surface area contributed by atoms with Crippen molar-refractivity contribution in [3.8, 4) is 17.1 Å². The van der Waals surface area contributed by atoms with E-state index < -0.39 is 0 Å². The molecule has 7 heteroatoms. The zero-order valence-electron chi connectivity index (χ0n) is 11.3. The van der Waals surface area contributed by atoms with Gasteiger partial charge in [0.15, 0.2) is 5.82 Å². The standard InChI is InChI=1S/C15H11BrN4OS/c16-12-8-10(6-7-13(12)21)9-17-20-14(18-19-15(20)22)11-4-2-1-3-5-11/h1-9,21H,(H,19,22)/b17-9-. The average molecular weight is 375 g/mol. The molecule has 0 saturated heterocycles. The molecule has 0 aliphatic rings. The molecule has 0 aliphatic carbocycles. The summed E-state index contributed by atoms with van der Waals surface area (Å²) in [6.45, 7) is 0. The minimum atomic E-state index is 0.182. The molecule has 3 aromatic rings. The molecular formula is C15H11BrN4OS. The lowest BCUT2D eigenvalue weighted by molar-refractivity contribution is 0.472. The van der Waals surface area contributed by atoms with Crippen LogP contribution >= 0.6 is 28.1 Å². The number of hydrogen-bond donors (Lipinski definition) is 2. The molecule has 0 fully saturated rings. The zero-order chi connectivity index (χ0) is 15.5. The summed E-state index contributed by atoms with van der Waals surface area (Å²) >= 11 is 8.49. The van der Waals surface area contributed by atoms with E-state index in [2.05, 4.69) is 31.2 Å². The van der Waals surface area contributed by atoms with E-state index in [0.717, 1.165) is 11.1 Å². The number of phenolic OH excluding ortho intramolecular Hbond substituents is 1. The maximum absolute atomic E-state index is 9.50. The van der Waals surface area contributed by atoms with Crippen LogP contribution in [0.4, 0.5) is 0 Å². The number of halogens is 1. The molecule has 0 aliphatic heterocycles. The summed E-state index contributed by atoms with van der Waals surface area (Å²) < 4.78 is 2.58. The number of H-pyrrole nitrogens is 1. The van der Waals surface area contributed by atoms with E-state index in [-0.39, 0.29) is 5.75 Å². The van der Waals surface area contributed by atoms with Crippen LogP contribution in [0.3, 0.4) is 0 Å². The highest BCUT2D eigenvalue weighted by Gasteiger charge is 2.07. The highest BCUT2D eigenvalue weighted by atomic mass is 79.9. The Morgan fingerprint density at radius 2 is 2.00 bits per heavy atom. The van der Waals surface area contributed by atoms with Crippen molar-refractivity contribution >= 4 is 34.4 Å². The minimum absolute atomic E-state index is 0.182. The van der Waals surface area contributed by atoms with Crippen LogP contribution in [0.2, 0.25) is 0 Å². The SMILES string of the molecule is Oc1ccc(/C=N\n2c(-c3ccccc3)n[nH]c2=S)cc1Br. The van der Waals surface area contributed by atoms with Crippen LogP contribution in [0.1, 0.15) is 5.56 Å². The second-order valence-corrected chi connectivity index (χ2v) is 5.73. The third kappa shape index (κ3) is 3.00. The van der Waals surface area contributed by atoms with E-state index in [1.165, 1.54) is 0 Å². The Balaban J connectivity index is 1.99. The molecule has 110 valence electrons. The van der Waals surface area contributed by atoms with E-state index in [0.29, 0.717) is 15.1 Å². The number of hydrogen-bond acceptors (Lipinski definition) is 4. The van der Waals surface area contributed by atoms with E-state index in [9.17, 15) is 5.11 Å². The van der Waals surface area contributed by atoms with Gasteiger partial charge in [0.25, 0.3) is 0 Å². The first-order chi connectivity index (χ1) is 10.6. The highest BCUT2D eigenvalue weighted by Crippen LogP contribution is 2.23. The van der Waals surface area contributed by atoms with Gasteiger partial charge < -0.3 is 5.11 Å². The number of aromatic amines is 1. The molecule has 2 aromatic carbocycles. The second kappa shape index (κ2) is 6.25. The summed E-state index contributed by atoms with van der Waals surface area (Å²) in [5.74, 6) is 0.821. The number of nitrogens with one attached hydrogen (secondary N) is 1. The number of benzene rings is 2. The van der Waals surface area contributed by atoms with Crippen molar-refractivity contribution in [2.75, 3.05) is 0 Å². The summed E-state index contributed by atoms with van der Waals surface area (Å²) in [4.78, 5) is 0. The van der Waals surface area contributed by atoms with Gasteiger partial charge in [-0.3, -0.25) is 0 Å². The van der Waals surface area contributed by atoms with Crippen LogP contribution in [0, 0.1) is 4.77 Å². The molecule has 0 bridgehead atoms. The van der Waals surface area contributed by atoms with Crippen LogP contribution in [0.5, 0.6) is 5.75 Å². The number of nitrogens with zero attached hydrogens (tertiary/aromatic N) is 3. The van der Waals surface area contributed by atoms with Crippen molar-refractivity contribution in [2.45, 2.75) is 0 Å². The first kappa shape index (κ1) is 14.7. The quantitative estimate of drug-likeness (QED) is 0.538. The van der Waals surface area contributed by atoms with Gasteiger partial charge in [-0.1, -0.05) is 30.3 Å². The first-order valence-electron chi connectivity index (χ1n) is 6.41. The van der Waals surface area contributed by atoms with Crippen LogP contribution in [-0.4, -0.2) is 26.2 Å². The van der Waals surface area contributed by atoms with Crippen LogP contribution in [-0.2, 0) is 0 Å². The van der Waals surface area contributed by atoms with Gasteiger partial charge in [-0.15, -0.1) is 0 Å². The van der Waals surface area contributed by atoms with E-state index in [1.807, 2.05) is 30.3 Å². The lowest BCUT2D eigenvalue weighted by Crippen LogP contribution is -1.95. The van der Waals surface area contributed by atoms with Gasteiger partial charge in [0, 0.05) is 5.56 Å². The lowest BCUT2D eigenvalue weighted by atomic mass is 10.2. The smallest absolute Gasteiger partial charge is 0.216 e. The van der Waals surface area contributed by atoms with Crippen molar-refractivity contribution in [1.29, 1.82) is 0 Å². The van der Waals surface area contributed by atoms with Gasteiger partial charge in [-0.2, -0.15) is 14.9 Å². The van der Waals surface area contributed by atoms with Gasteiger partial charge in [-0.05, 0) is 51.9 Å². The second-order valence-electron chi connectivity index (χ2n) is 4.49. The molecule has 1 aromatic heterocycles. The fraction of sp³-hybridized carbons (Fsp3) is 0. The molecule has 0 atom stereocenters. The minimum Gasteiger partial charge on any atom is -0.507 e. The molecule has 1 heterocycles. The van der Waals surface area contributed by atoms with E-state index >= 15 is 0 Å². The fourth-order valence-corrected chi connectivity index (χ4v) is 2.48. The van der Waals surface area contributed by atoms with E-state index in [4.69, 9.17) is 12.2 Å². The van der Waals surface area contributed by atoms with Gasteiger partial charge in [-0.25, -0.2) is 5.10 Å². The van der Waals surface area contributed by atoms with Crippen molar-refractivity contribution < 1.29 is 5.11 Å². The van der Waals surface area contributed by atoms with Gasteiger partial charge in [0.1, 0.15) is 5.75 Å². The molecule has 22 heavy (non-hydrogen) atoms. The van der Waals surface area contributed by atoms with E-state index in [1.54, 1.807) is 29.1 Å². The highest BCUT2D eigenvalue weighted by molar-refractivity contribution is 9.10. The Morgan fingerprint density at radius 3 is 2.73 bits per heavy atom. The Labute approximate surface area is 140 Å². The lowest BCUT2D eigenvalue weighted by Gasteiger charge is -2.01. The molecule has 0 unspecified atom stereocenters. The predicted molar refractivity (Wildman–Crippen MR) is 91.6 cm³/mol. The third-order valence-electron chi connectivity index (χ3n) is 2.98. The summed E-state index contributed by atoms with van der Waals surface area (Å²) in [5.41, 5.74) is 1.74. The molecule has 5 nitrogen and oxygen atoms in total. The topological polar surface area (TPSA) is 66.2 Å². The Bertz CT molecular complexity index is 886. The predicted octanol–water partition coefficient (Wildman–Crippen LogP) is 3.96. The van der Waals surface area contributed by atoms with Crippen molar-refractivity contribution in [1.82, 2.24) is 14.9 Å². The molecule has 0 spiro atoms. The van der Waals surface area contributed by atoms with Crippen LogP contribution in [0.25, 0.3) is 11.4 Å².